The van der Waals surface area contributed by atoms with Gasteiger partial charge in [-0.2, -0.15) is 0 Å². The van der Waals surface area contributed by atoms with E-state index in [1.54, 1.807) is 18.3 Å². The SMILES string of the molecule is OCCN1CCN(Cc2ccc(F)c3cccnc23)CC1. The van der Waals surface area contributed by atoms with Crippen LogP contribution in [0.3, 0.4) is 0 Å². The van der Waals surface area contributed by atoms with Gasteiger partial charge in [-0.1, -0.05) is 6.07 Å². The Balaban J connectivity index is 1.73. The largest absolute Gasteiger partial charge is 0.395 e. The first kappa shape index (κ1) is 14.4. The minimum Gasteiger partial charge on any atom is -0.395 e. The fraction of sp³-hybridized carbons (Fsp3) is 0.438. The summed E-state index contributed by atoms with van der Waals surface area (Å²) in [7, 11) is 0. The van der Waals surface area contributed by atoms with Gasteiger partial charge in [0.1, 0.15) is 5.82 Å². The maximum absolute atomic E-state index is 13.8. The van der Waals surface area contributed by atoms with E-state index in [9.17, 15) is 4.39 Å². The number of nitrogens with zero attached hydrogens (tertiary/aromatic N) is 3. The van der Waals surface area contributed by atoms with E-state index in [2.05, 4.69) is 14.8 Å². The highest BCUT2D eigenvalue weighted by molar-refractivity contribution is 5.82. The average Bonchev–Trinajstić information content (AvgIpc) is 2.52. The maximum Gasteiger partial charge on any atom is 0.132 e. The Morgan fingerprint density at radius 2 is 1.86 bits per heavy atom. The molecule has 4 nitrogen and oxygen atoms in total. The molecular formula is C16H20FN3O. The topological polar surface area (TPSA) is 39.6 Å². The number of aliphatic hydroxyl groups excluding tert-OH is 1. The second-order valence-electron chi connectivity index (χ2n) is 5.45. The Kier molecular flexibility index (Phi) is 4.43. The molecule has 1 aromatic carbocycles. The molecule has 0 amide bonds. The van der Waals surface area contributed by atoms with Crippen molar-refractivity contribution in [3.63, 3.8) is 0 Å². The number of β-amino-alcohol motifs (C(OH)–C–C–N with tert-alkyl or cyclic N) is 1. The highest BCUT2D eigenvalue weighted by Crippen LogP contribution is 2.21. The Hall–Kier alpha value is -1.56. The normalized spacial score (nSPS) is 17.4. The van der Waals surface area contributed by atoms with Gasteiger partial charge in [0.05, 0.1) is 12.1 Å². The highest BCUT2D eigenvalue weighted by Gasteiger charge is 2.17. The second kappa shape index (κ2) is 6.47. The van der Waals surface area contributed by atoms with Crippen LogP contribution < -0.4 is 0 Å². The van der Waals surface area contributed by atoms with Crippen molar-refractivity contribution in [3.8, 4) is 0 Å². The van der Waals surface area contributed by atoms with Crippen molar-refractivity contribution >= 4 is 10.9 Å². The Morgan fingerprint density at radius 1 is 1.10 bits per heavy atom. The molecule has 1 aliphatic rings. The first-order valence-electron chi connectivity index (χ1n) is 7.35. The standard InChI is InChI=1S/C16H20FN3O/c17-15-4-3-13(16-14(15)2-1-5-18-16)12-20-8-6-19(7-9-20)10-11-21/h1-5,21H,6-12H2. The summed E-state index contributed by atoms with van der Waals surface area (Å²) >= 11 is 0. The predicted octanol–water partition coefficient (Wildman–Crippen LogP) is 1.48. The van der Waals surface area contributed by atoms with E-state index in [0.717, 1.165) is 50.3 Å². The Morgan fingerprint density at radius 3 is 2.62 bits per heavy atom. The van der Waals surface area contributed by atoms with Gasteiger partial charge in [0.2, 0.25) is 0 Å². The van der Waals surface area contributed by atoms with Gasteiger partial charge in [-0.3, -0.25) is 14.8 Å². The molecule has 1 N–H and O–H groups in total. The third-order valence-corrected chi connectivity index (χ3v) is 4.08. The van der Waals surface area contributed by atoms with E-state index in [-0.39, 0.29) is 12.4 Å². The first-order valence-corrected chi connectivity index (χ1v) is 7.35. The van der Waals surface area contributed by atoms with Crippen molar-refractivity contribution in [1.82, 2.24) is 14.8 Å². The van der Waals surface area contributed by atoms with Crippen LogP contribution in [0.1, 0.15) is 5.56 Å². The molecule has 0 spiro atoms. The van der Waals surface area contributed by atoms with E-state index in [0.29, 0.717) is 5.39 Å². The van der Waals surface area contributed by atoms with Crippen LogP contribution in [-0.2, 0) is 6.54 Å². The predicted molar refractivity (Wildman–Crippen MR) is 80.5 cm³/mol. The van der Waals surface area contributed by atoms with Crippen LogP contribution in [0.5, 0.6) is 0 Å². The number of rotatable bonds is 4. The maximum atomic E-state index is 13.8. The molecule has 1 aromatic heterocycles. The molecule has 2 heterocycles. The molecule has 112 valence electrons. The monoisotopic (exact) mass is 289 g/mol. The Bertz CT molecular complexity index is 611. The molecular weight excluding hydrogens is 269 g/mol. The molecule has 0 atom stereocenters. The quantitative estimate of drug-likeness (QED) is 0.925. The van der Waals surface area contributed by atoms with Crippen LogP contribution in [0.25, 0.3) is 10.9 Å². The molecule has 21 heavy (non-hydrogen) atoms. The van der Waals surface area contributed by atoms with Crippen LogP contribution in [0.4, 0.5) is 4.39 Å². The number of aliphatic hydroxyl groups is 1. The van der Waals surface area contributed by atoms with Crippen molar-refractivity contribution in [2.45, 2.75) is 6.54 Å². The summed E-state index contributed by atoms with van der Waals surface area (Å²) in [5.41, 5.74) is 1.83. The molecule has 3 rings (SSSR count). The van der Waals surface area contributed by atoms with E-state index >= 15 is 0 Å². The smallest absolute Gasteiger partial charge is 0.132 e. The van der Waals surface area contributed by atoms with Gasteiger partial charge >= 0.3 is 0 Å². The van der Waals surface area contributed by atoms with Gasteiger partial charge in [-0.25, -0.2) is 4.39 Å². The summed E-state index contributed by atoms with van der Waals surface area (Å²) in [5, 5.41) is 9.56. The van der Waals surface area contributed by atoms with E-state index < -0.39 is 0 Å². The van der Waals surface area contributed by atoms with Crippen LogP contribution >= 0.6 is 0 Å². The Labute approximate surface area is 123 Å². The van der Waals surface area contributed by atoms with Gasteiger partial charge < -0.3 is 5.11 Å². The number of benzene rings is 1. The second-order valence-corrected chi connectivity index (χ2v) is 5.45. The highest BCUT2D eigenvalue weighted by atomic mass is 19.1. The van der Waals surface area contributed by atoms with Crippen molar-refractivity contribution < 1.29 is 9.50 Å². The molecule has 0 saturated carbocycles. The zero-order chi connectivity index (χ0) is 14.7. The number of pyridine rings is 1. The lowest BCUT2D eigenvalue weighted by Crippen LogP contribution is -2.46. The molecule has 0 aliphatic carbocycles. The summed E-state index contributed by atoms with van der Waals surface area (Å²) in [5.74, 6) is -0.213. The number of halogens is 1. The third-order valence-electron chi connectivity index (χ3n) is 4.08. The summed E-state index contributed by atoms with van der Waals surface area (Å²) < 4.78 is 13.8. The fourth-order valence-electron chi connectivity index (χ4n) is 2.88. The van der Waals surface area contributed by atoms with Crippen molar-refractivity contribution in [2.24, 2.45) is 0 Å². The lowest BCUT2D eigenvalue weighted by atomic mass is 10.1. The zero-order valence-electron chi connectivity index (χ0n) is 12.0. The number of hydrogen-bond donors (Lipinski definition) is 1. The summed E-state index contributed by atoms with van der Waals surface area (Å²) in [6.07, 6.45) is 1.71. The first-order chi connectivity index (χ1) is 10.3. The molecule has 1 saturated heterocycles. The lowest BCUT2D eigenvalue weighted by Gasteiger charge is -2.34. The molecule has 2 aromatic rings. The lowest BCUT2D eigenvalue weighted by molar-refractivity contribution is 0.108. The molecule has 0 bridgehead atoms. The molecule has 5 heteroatoms. The molecule has 1 fully saturated rings. The third kappa shape index (κ3) is 3.20. The average molecular weight is 289 g/mol. The van der Waals surface area contributed by atoms with Crippen molar-refractivity contribution in [2.75, 3.05) is 39.3 Å². The number of fused-ring (bicyclic) bond motifs is 1. The summed E-state index contributed by atoms with van der Waals surface area (Å²) in [4.78, 5) is 8.96. The fourth-order valence-corrected chi connectivity index (χ4v) is 2.88. The van der Waals surface area contributed by atoms with E-state index in [1.165, 1.54) is 6.07 Å². The number of piperazine rings is 1. The van der Waals surface area contributed by atoms with E-state index in [1.807, 2.05) is 6.07 Å². The van der Waals surface area contributed by atoms with E-state index in [4.69, 9.17) is 5.11 Å². The number of hydrogen-bond acceptors (Lipinski definition) is 4. The van der Waals surface area contributed by atoms with Crippen LogP contribution in [0.15, 0.2) is 30.5 Å². The van der Waals surface area contributed by atoms with Crippen LogP contribution in [0.2, 0.25) is 0 Å². The molecule has 0 unspecified atom stereocenters. The van der Waals surface area contributed by atoms with Gasteiger partial charge in [0.15, 0.2) is 0 Å². The van der Waals surface area contributed by atoms with Crippen molar-refractivity contribution in [3.05, 3.63) is 41.8 Å². The van der Waals surface area contributed by atoms with Crippen LogP contribution in [-0.4, -0.2) is 59.2 Å². The summed E-state index contributed by atoms with van der Waals surface area (Å²) in [6.45, 7) is 5.61. The van der Waals surface area contributed by atoms with Gasteiger partial charge in [-0.15, -0.1) is 0 Å². The molecule has 1 aliphatic heterocycles. The van der Waals surface area contributed by atoms with Crippen molar-refractivity contribution in [1.29, 1.82) is 0 Å². The van der Waals surface area contributed by atoms with Gasteiger partial charge in [0.25, 0.3) is 0 Å². The van der Waals surface area contributed by atoms with Gasteiger partial charge in [-0.05, 0) is 23.8 Å². The minimum absolute atomic E-state index is 0.213. The minimum atomic E-state index is -0.213. The van der Waals surface area contributed by atoms with Gasteiger partial charge in [0, 0.05) is 50.9 Å². The summed E-state index contributed by atoms with van der Waals surface area (Å²) in [6, 6.07) is 6.91. The van der Waals surface area contributed by atoms with Crippen LogP contribution in [0, 0.1) is 5.82 Å². The zero-order valence-corrected chi connectivity index (χ0v) is 12.0. The number of aromatic nitrogens is 1. The molecule has 0 radical (unpaired) electrons.